The van der Waals surface area contributed by atoms with Gasteiger partial charge in [0.25, 0.3) is 0 Å². The van der Waals surface area contributed by atoms with Crippen LogP contribution in [0.15, 0.2) is 30.5 Å². The molecule has 0 N–H and O–H groups in total. The second-order valence-corrected chi connectivity index (χ2v) is 1.99. The maximum absolute atomic E-state index is 4.06. The van der Waals surface area contributed by atoms with Crippen LogP contribution in [0.4, 0.5) is 0 Å². The third-order valence-electron chi connectivity index (χ3n) is 1.33. The van der Waals surface area contributed by atoms with Gasteiger partial charge in [-0.2, -0.15) is 0 Å². The minimum atomic E-state index is 0. The van der Waals surface area contributed by atoms with Crippen molar-refractivity contribution in [2.24, 2.45) is 0 Å². The molecule has 0 aliphatic heterocycles. The molecule has 0 unspecified atom stereocenters. The van der Waals surface area contributed by atoms with E-state index in [1.807, 2.05) is 24.3 Å². The maximum atomic E-state index is 4.06. The Kier molecular flexibility index (Phi) is 2.55. The predicted molar refractivity (Wildman–Crippen MR) is 38.4 cm³/mol. The van der Waals surface area contributed by atoms with E-state index in [1.54, 1.807) is 6.20 Å². The van der Waals surface area contributed by atoms with Crippen LogP contribution in [0.3, 0.4) is 0 Å². The van der Waals surface area contributed by atoms with Gasteiger partial charge in [-0.05, 0) is 6.20 Å². The zero-order chi connectivity index (χ0) is 6.81. The maximum Gasteiger partial charge on any atom is 0.00478 e. The summed E-state index contributed by atoms with van der Waals surface area (Å²) in [4.78, 5) is 8.06. The fraction of sp³-hybridized carbons (Fsp3) is 0. The van der Waals surface area contributed by atoms with E-state index in [0.29, 0.717) is 0 Å². The molecule has 0 radical (unpaired) electrons. The Morgan fingerprint density at radius 1 is 1.09 bits per heavy atom. The Bertz CT molecular complexity index is 283. The van der Waals surface area contributed by atoms with Crippen LogP contribution in [-0.2, 0) is 16.5 Å². The van der Waals surface area contributed by atoms with Gasteiger partial charge in [0.05, 0.1) is 0 Å². The second-order valence-electron chi connectivity index (χ2n) is 1.99. The Morgan fingerprint density at radius 3 is 2.55 bits per heavy atom. The summed E-state index contributed by atoms with van der Waals surface area (Å²) in [5.41, 5.74) is 1.81. The summed E-state index contributed by atoms with van der Waals surface area (Å²) in [5.74, 6) is 0. The first-order valence-corrected chi connectivity index (χ1v) is 3.05. The molecule has 0 aliphatic carbocycles. The quantitative estimate of drug-likeness (QED) is 0.461. The molecule has 0 spiro atoms. The summed E-state index contributed by atoms with van der Waals surface area (Å²) in [6, 6.07) is 7.72. The Hall–Kier alpha value is -0.946. The molecule has 2 nitrogen and oxygen atoms in total. The first-order chi connectivity index (χ1) is 4.97. The third-order valence-corrected chi connectivity index (χ3v) is 1.33. The van der Waals surface area contributed by atoms with E-state index in [4.69, 9.17) is 0 Å². The van der Waals surface area contributed by atoms with Crippen molar-refractivity contribution in [1.29, 1.82) is 0 Å². The number of aromatic nitrogens is 2. The molecule has 2 aromatic rings. The van der Waals surface area contributed by atoms with Crippen molar-refractivity contribution in [1.82, 2.24) is 9.97 Å². The molecule has 0 atom stereocenters. The number of hydrogen-bond donors (Lipinski definition) is 0. The van der Waals surface area contributed by atoms with Gasteiger partial charge in [-0.25, -0.2) is 0 Å². The van der Waals surface area contributed by atoms with Crippen LogP contribution in [0, 0.1) is 6.20 Å². The van der Waals surface area contributed by atoms with E-state index >= 15 is 0 Å². The largest absolute Gasteiger partial charge is 0.448 e. The zero-order valence-corrected chi connectivity index (χ0v) is 6.59. The van der Waals surface area contributed by atoms with E-state index in [2.05, 4.69) is 16.2 Å². The van der Waals surface area contributed by atoms with Crippen LogP contribution in [-0.4, -0.2) is 9.97 Å². The van der Waals surface area contributed by atoms with Crippen molar-refractivity contribution in [3.8, 4) is 0 Å². The number of nitrogens with zero attached hydrogens (tertiary/aromatic N) is 2. The summed E-state index contributed by atoms with van der Waals surface area (Å²) in [7, 11) is 0. The first-order valence-electron chi connectivity index (χ1n) is 3.05. The van der Waals surface area contributed by atoms with Crippen molar-refractivity contribution in [2.75, 3.05) is 0 Å². The molecule has 1 aromatic carbocycles. The number of rotatable bonds is 0. The molecular formula is C8H5N2Ni-. The van der Waals surface area contributed by atoms with Crippen LogP contribution in [0.5, 0.6) is 0 Å². The summed E-state index contributed by atoms with van der Waals surface area (Å²) < 4.78 is 0. The SMILES string of the molecule is [Ni].[c-]1cnc2ccccc2n1. The van der Waals surface area contributed by atoms with Crippen LogP contribution >= 0.6 is 0 Å². The van der Waals surface area contributed by atoms with Gasteiger partial charge in [-0.3, -0.25) is 4.98 Å². The van der Waals surface area contributed by atoms with Crippen LogP contribution in [0.2, 0.25) is 0 Å². The van der Waals surface area contributed by atoms with Crippen LogP contribution < -0.4 is 0 Å². The molecule has 0 saturated carbocycles. The molecule has 2 rings (SSSR count). The summed E-state index contributed by atoms with van der Waals surface area (Å²) in [5, 5.41) is 0. The van der Waals surface area contributed by atoms with Crippen LogP contribution in [0.25, 0.3) is 11.0 Å². The fourth-order valence-corrected chi connectivity index (χ4v) is 0.865. The van der Waals surface area contributed by atoms with E-state index in [9.17, 15) is 0 Å². The van der Waals surface area contributed by atoms with Gasteiger partial charge in [-0.15, -0.1) is 12.3 Å². The smallest absolute Gasteiger partial charge is 0.00478 e. The van der Waals surface area contributed by atoms with E-state index < -0.39 is 0 Å². The van der Waals surface area contributed by atoms with E-state index in [-0.39, 0.29) is 16.5 Å². The van der Waals surface area contributed by atoms with Crippen molar-refractivity contribution >= 4 is 11.0 Å². The topological polar surface area (TPSA) is 25.8 Å². The minimum absolute atomic E-state index is 0. The minimum Gasteiger partial charge on any atom is -0.448 e. The monoisotopic (exact) mass is 187 g/mol. The molecule has 0 bridgehead atoms. The average Bonchev–Trinajstić information content (AvgIpc) is 2.05. The van der Waals surface area contributed by atoms with E-state index in [0.717, 1.165) is 11.0 Å². The van der Waals surface area contributed by atoms with Gasteiger partial charge in [0, 0.05) is 22.0 Å². The van der Waals surface area contributed by atoms with Crippen LogP contribution in [0.1, 0.15) is 0 Å². The van der Waals surface area contributed by atoms with Gasteiger partial charge in [0.2, 0.25) is 0 Å². The normalized spacial score (nSPS) is 9.09. The van der Waals surface area contributed by atoms with Crippen molar-refractivity contribution in [2.45, 2.75) is 0 Å². The van der Waals surface area contributed by atoms with Gasteiger partial charge < -0.3 is 4.98 Å². The summed E-state index contributed by atoms with van der Waals surface area (Å²) in [6.45, 7) is 0. The summed E-state index contributed by atoms with van der Waals surface area (Å²) in [6.07, 6.45) is 4.25. The number of benzene rings is 1. The number of hydrogen-bond acceptors (Lipinski definition) is 2. The van der Waals surface area contributed by atoms with Crippen molar-refractivity contribution < 1.29 is 16.5 Å². The molecular weight excluding hydrogens is 183 g/mol. The van der Waals surface area contributed by atoms with Crippen molar-refractivity contribution in [3.05, 3.63) is 36.7 Å². The van der Waals surface area contributed by atoms with Gasteiger partial charge in [0.15, 0.2) is 0 Å². The van der Waals surface area contributed by atoms with E-state index in [1.165, 1.54) is 0 Å². The summed E-state index contributed by atoms with van der Waals surface area (Å²) >= 11 is 0. The number of para-hydroxylation sites is 2. The van der Waals surface area contributed by atoms with Crippen molar-refractivity contribution in [3.63, 3.8) is 0 Å². The first kappa shape index (κ1) is 8.15. The standard InChI is InChI=1S/C8H5N2.Ni/c1-2-4-8-7(3-1)9-5-6-10-8;/h1-5H;/q-1;. The van der Waals surface area contributed by atoms with Gasteiger partial charge in [0.1, 0.15) is 0 Å². The molecule has 1 heterocycles. The predicted octanol–water partition coefficient (Wildman–Crippen LogP) is 1.43. The Morgan fingerprint density at radius 2 is 1.82 bits per heavy atom. The third kappa shape index (κ3) is 1.55. The molecule has 3 heteroatoms. The molecule has 1 aromatic heterocycles. The van der Waals surface area contributed by atoms with Gasteiger partial charge in [-0.1, -0.05) is 23.7 Å². The average molecular weight is 188 g/mol. The molecule has 58 valence electrons. The number of fused-ring (bicyclic) bond motifs is 1. The molecule has 0 aliphatic rings. The molecule has 0 amide bonds. The fourth-order valence-electron chi connectivity index (χ4n) is 0.865. The molecule has 11 heavy (non-hydrogen) atoms. The Labute approximate surface area is 74.6 Å². The molecule has 0 fully saturated rings. The second kappa shape index (κ2) is 3.45. The zero-order valence-electron chi connectivity index (χ0n) is 5.60. The Balaban J connectivity index is 0.000000605. The van der Waals surface area contributed by atoms with Gasteiger partial charge >= 0.3 is 0 Å². The molecule has 0 saturated heterocycles.